The van der Waals surface area contributed by atoms with Crippen LogP contribution >= 0.6 is 11.3 Å². The Hall–Kier alpha value is -2.80. The molecular weight excluding hydrogens is 305 g/mol. The van der Waals surface area contributed by atoms with Crippen LogP contribution in [0.3, 0.4) is 0 Å². The summed E-state index contributed by atoms with van der Waals surface area (Å²) in [6.45, 7) is 0. The molecule has 0 atom stereocenters. The smallest absolute Gasteiger partial charge is 0.271 e. The van der Waals surface area contributed by atoms with Crippen molar-refractivity contribution in [3.8, 4) is 11.3 Å². The van der Waals surface area contributed by atoms with Gasteiger partial charge in [0.2, 0.25) is 0 Å². The summed E-state index contributed by atoms with van der Waals surface area (Å²) in [5, 5.41) is 16.2. The van der Waals surface area contributed by atoms with Crippen LogP contribution in [-0.2, 0) is 0 Å². The maximum atomic E-state index is 12.9. The van der Waals surface area contributed by atoms with E-state index in [-0.39, 0.29) is 11.5 Å². The highest BCUT2D eigenvalue weighted by molar-refractivity contribution is 7.14. The normalized spacial score (nSPS) is 10.4. The van der Waals surface area contributed by atoms with Crippen molar-refractivity contribution >= 4 is 27.8 Å². The third-order valence-corrected chi connectivity index (χ3v) is 3.71. The summed E-state index contributed by atoms with van der Waals surface area (Å²) < 4.78 is 12.9. The molecule has 0 aliphatic rings. The van der Waals surface area contributed by atoms with Crippen molar-refractivity contribution in [1.29, 1.82) is 0 Å². The number of benzene rings is 2. The Morgan fingerprint density at radius 2 is 1.95 bits per heavy atom. The second kappa shape index (κ2) is 5.90. The molecule has 2 aromatic carbocycles. The third kappa shape index (κ3) is 3.09. The Kier molecular flexibility index (Phi) is 3.80. The lowest BCUT2D eigenvalue weighted by Crippen LogP contribution is -1.92. The van der Waals surface area contributed by atoms with Crippen molar-refractivity contribution in [2.24, 2.45) is 0 Å². The lowest BCUT2D eigenvalue weighted by atomic mass is 10.2. The number of nitrogens with zero attached hydrogens (tertiary/aromatic N) is 2. The van der Waals surface area contributed by atoms with Crippen molar-refractivity contribution in [2.75, 3.05) is 5.32 Å². The molecule has 7 heteroatoms. The van der Waals surface area contributed by atoms with Gasteiger partial charge in [-0.3, -0.25) is 10.1 Å². The molecule has 1 aromatic heterocycles. The monoisotopic (exact) mass is 315 g/mol. The van der Waals surface area contributed by atoms with Crippen LogP contribution in [0.1, 0.15) is 0 Å². The number of anilines is 2. The fourth-order valence-electron chi connectivity index (χ4n) is 1.91. The Bertz CT molecular complexity index is 818. The van der Waals surface area contributed by atoms with E-state index in [1.165, 1.54) is 35.6 Å². The van der Waals surface area contributed by atoms with Gasteiger partial charge in [0.15, 0.2) is 5.13 Å². The van der Waals surface area contributed by atoms with Crippen LogP contribution in [-0.4, -0.2) is 9.91 Å². The predicted molar refractivity (Wildman–Crippen MR) is 83.9 cm³/mol. The standard InChI is InChI=1S/C15H10FN3O2S/c16-11-6-4-10(5-7-11)14-9-22-15(18-14)17-12-2-1-3-13(8-12)19(20)21/h1-9H,(H,17,18). The number of rotatable bonds is 4. The van der Waals surface area contributed by atoms with Gasteiger partial charge in [0, 0.05) is 28.8 Å². The molecule has 0 saturated carbocycles. The number of nitro groups is 1. The van der Waals surface area contributed by atoms with Gasteiger partial charge in [-0.2, -0.15) is 0 Å². The van der Waals surface area contributed by atoms with Crippen molar-refractivity contribution in [3.63, 3.8) is 0 Å². The van der Waals surface area contributed by atoms with Crippen molar-refractivity contribution in [1.82, 2.24) is 4.98 Å². The molecule has 0 amide bonds. The first kappa shape index (κ1) is 14.2. The van der Waals surface area contributed by atoms with Gasteiger partial charge in [-0.15, -0.1) is 11.3 Å². The van der Waals surface area contributed by atoms with Gasteiger partial charge in [0.25, 0.3) is 5.69 Å². The largest absolute Gasteiger partial charge is 0.331 e. The summed E-state index contributed by atoms with van der Waals surface area (Å²) in [5.41, 5.74) is 2.14. The number of hydrogen-bond donors (Lipinski definition) is 1. The number of thiazole rings is 1. The molecule has 0 aliphatic carbocycles. The second-order valence-electron chi connectivity index (χ2n) is 4.48. The van der Waals surface area contributed by atoms with Gasteiger partial charge in [-0.1, -0.05) is 6.07 Å². The Balaban J connectivity index is 1.81. The summed E-state index contributed by atoms with van der Waals surface area (Å²) in [7, 11) is 0. The Morgan fingerprint density at radius 3 is 2.68 bits per heavy atom. The minimum atomic E-state index is -0.447. The summed E-state index contributed by atoms with van der Waals surface area (Å²) in [6.07, 6.45) is 0. The molecule has 3 aromatic rings. The van der Waals surface area contributed by atoms with Gasteiger partial charge >= 0.3 is 0 Å². The Morgan fingerprint density at radius 1 is 1.18 bits per heavy atom. The second-order valence-corrected chi connectivity index (χ2v) is 5.34. The predicted octanol–water partition coefficient (Wildman–Crippen LogP) is 4.60. The van der Waals surface area contributed by atoms with E-state index in [1.54, 1.807) is 24.3 Å². The number of halogens is 1. The number of nitrogens with one attached hydrogen (secondary N) is 1. The van der Waals surface area contributed by atoms with Crippen LogP contribution in [0.4, 0.5) is 20.9 Å². The fraction of sp³-hybridized carbons (Fsp3) is 0. The summed E-state index contributed by atoms with van der Waals surface area (Å²) >= 11 is 1.37. The van der Waals surface area contributed by atoms with E-state index in [4.69, 9.17) is 0 Å². The van der Waals surface area contributed by atoms with Crippen LogP contribution in [0.15, 0.2) is 53.9 Å². The van der Waals surface area contributed by atoms with Gasteiger partial charge < -0.3 is 5.32 Å². The average molecular weight is 315 g/mol. The quantitative estimate of drug-likeness (QED) is 0.564. The maximum absolute atomic E-state index is 12.9. The van der Waals surface area contributed by atoms with Crippen LogP contribution in [0.25, 0.3) is 11.3 Å². The van der Waals surface area contributed by atoms with E-state index in [1.807, 2.05) is 5.38 Å². The summed E-state index contributed by atoms with van der Waals surface area (Å²) in [5.74, 6) is -0.297. The van der Waals surface area contributed by atoms with Crippen LogP contribution in [0, 0.1) is 15.9 Å². The Labute approximate surface area is 129 Å². The molecule has 110 valence electrons. The topological polar surface area (TPSA) is 68.1 Å². The zero-order valence-electron chi connectivity index (χ0n) is 11.2. The first-order chi connectivity index (χ1) is 10.6. The lowest BCUT2D eigenvalue weighted by Gasteiger charge is -2.02. The minimum absolute atomic E-state index is 0.0142. The SMILES string of the molecule is O=[N+]([O-])c1cccc(Nc2nc(-c3ccc(F)cc3)cs2)c1. The number of hydrogen-bond acceptors (Lipinski definition) is 5. The zero-order valence-corrected chi connectivity index (χ0v) is 12.0. The molecule has 3 rings (SSSR count). The van der Waals surface area contributed by atoms with E-state index in [9.17, 15) is 14.5 Å². The van der Waals surface area contributed by atoms with E-state index in [2.05, 4.69) is 10.3 Å². The zero-order chi connectivity index (χ0) is 15.5. The van der Waals surface area contributed by atoms with E-state index in [0.717, 1.165) is 11.3 Å². The number of non-ortho nitro benzene ring substituents is 1. The van der Waals surface area contributed by atoms with E-state index < -0.39 is 4.92 Å². The third-order valence-electron chi connectivity index (χ3n) is 2.95. The van der Waals surface area contributed by atoms with Crippen LogP contribution < -0.4 is 5.32 Å². The first-order valence-electron chi connectivity index (χ1n) is 6.35. The van der Waals surface area contributed by atoms with Gasteiger partial charge in [0.1, 0.15) is 5.82 Å². The summed E-state index contributed by atoms with van der Waals surface area (Å²) in [6, 6.07) is 12.3. The molecule has 0 fully saturated rings. The highest BCUT2D eigenvalue weighted by Gasteiger charge is 2.08. The van der Waals surface area contributed by atoms with Crippen molar-refractivity contribution in [3.05, 3.63) is 69.8 Å². The molecule has 0 aliphatic heterocycles. The van der Waals surface area contributed by atoms with E-state index >= 15 is 0 Å². The molecule has 5 nitrogen and oxygen atoms in total. The molecule has 0 bridgehead atoms. The van der Waals surface area contributed by atoms with E-state index in [0.29, 0.717) is 10.8 Å². The minimum Gasteiger partial charge on any atom is -0.331 e. The highest BCUT2D eigenvalue weighted by Crippen LogP contribution is 2.28. The first-order valence-corrected chi connectivity index (χ1v) is 7.23. The van der Waals surface area contributed by atoms with Crippen LogP contribution in [0.5, 0.6) is 0 Å². The van der Waals surface area contributed by atoms with Gasteiger partial charge in [-0.05, 0) is 30.3 Å². The van der Waals surface area contributed by atoms with Gasteiger partial charge in [0.05, 0.1) is 10.6 Å². The summed E-state index contributed by atoms with van der Waals surface area (Å²) in [4.78, 5) is 14.7. The molecule has 0 radical (unpaired) electrons. The molecule has 0 saturated heterocycles. The molecule has 1 heterocycles. The lowest BCUT2D eigenvalue weighted by molar-refractivity contribution is -0.384. The van der Waals surface area contributed by atoms with Crippen molar-refractivity contribution < 1.29 is 9.31 Å². The molecule has 1 N–H and O–H groups in total. The van der Waals surface area contributed by atoms with Gasteiger partial charge in [-0.25, -0.2) is 9.37 Å². The number of nitro benzene ring substituents is 1. The van der Waals surface area contributed by atoms with Crippen LogP contribution in [0.2, 0.25) is 0 Å². The molecular formula is C15H10FN3O2S. The van der Waals surface area contributed by atoms with Crippen molar-refractivity contribution in [2.45, 2.75) is 0 Å². The molecule has 0 spiro atoms. The highest BCUT2D eigenvalue weighted by atomic mass is 32.1. The number of aromatic nitrogens is 1. The molecule has 0 unspecified atom stereocenters. The fourth-order valence-corrected chi connectivity index (χ4v) is 2.64. The maximum Gasteiger partial charge on any atom is 0.271 e. The average Bonchev–Trinajstić information content (AvgIpc) is 2.96. The molecule has 22 heavy (non-hydrogen) atoms.